The van der Waals surface area contributed by atoms with Crippen molar-refractivity contribution in [1.82, 2.24) is 10.1 Å². The highest BCUT2D eigenvalue weighted by molar-refractivity contribution is 6.06. The van der Waals surface area contributed by atoms with E-state index in [0.29, 0.717) is 11.5 Å². The topological polar surface area (TPSA) is 59.2 Å². The quantitative estimate of drug-likeness (QED) is 0.829. The van der Waals surface area contributed by atoms with Crippen LogP contribution in [0.4, 0.5) is 5.69 Å². The third-order valence-electron chi connectivity index (χ3n) is 3.13. The summed E-state index contributed by atoms with van der Waals surface area (Å²) >= 11 is 0. The number of rotatable bonds is 3. The minimum atomic E-state index is -0.105. The minimum Gasteiger partial charge on any atom is -0.364 e. The monoisotopic (exact) mass is 243 g/mol. The number of pyridine rings is 1. The molecule has 0 N–H and O–H groups in total. The molecule has 0 radical (unpaired) electrons. The fraction of sp³-hybridized carbons (Fsp3) is 0.308. The molecule has 2 aromatic heterocycles. The van der Waals surface area contributed by atoms with Gasteiger partial charge in [-0.05, 0) is 25.0 Å². The zero-order chi connectivity index (χ0) is 12.5. The average molecular weight is 243 g/mol. The number of carbonyl (C=O) groups excluding carboxylic acids is 1. The zero-order valence-corrected chi connectivity index (χ0v) is 10.0. The van der Waals surface area contributed by atoms with Crippen LogP contribution in [-0.4, -0.2) is 23.1 Å². The van der Waals surface area contributed by atoms with Crippen LogP contribution in [0.15, 0.2) is 35.3 Å². The number of anilines is 1. The molecule has 1 aliphatic rings. The predicted molar refractivity (Wildman–Crippen MR) is 65.4 cm³/mol. The number of carbonyl (C=O) groups is 1. The van der Waals surface area contributed by atoms with Crippen LogP contribution in [0.3, 0.4) is 0 Å². The summed E-state index contributed by atoms with van der Waals surface area (Å²) in [6.07, 6.45) is 6.94. The summed E-state index contributed by atoms with van der Waals surface area (Å²) < 4.78 is 4.94. The fourth-order valence-electron chi connectivity index (χ4n) is 1.91. The molecule has 0 unspecified atom stereocenters. The van der Waals surface area contributed by atoms with Crippen LogP contribution in [0.2, 0.25) is 0 Å². The molecule has 0 saturated heterocycles. The second-order valence-corrected chi connectivity index (χ2v) is 4.46. The van der Waals surface area contributed by atoms with E-state index in [2.05, 4.69) is 10.1 Å². The second-order valence-electron chi connectivity index (χ2n) is 4.46. The zero-order valence-electron chi connectivity index (χ0n) is 10.0. The molecule has 0 bridgehead atoms. The summed E-state index contributed by atoms with van der Waals surface area (Å²) in [5, 5.41) is 3.94. The Labute approximate surface area is 104 Å². The number of hydrogen-bond acceptors (Lipinski definition) is 4. The SMILES string of the molecule is CN(C(=O)c1conc1C1CC1)c1cccnc1. The summed E-state index contributed by atoms with van der Waals surface area (Å²) in [7, 11) is 1.73. The molecule has 2 aromatic rings. The molecule has 92 valence electrons. The molecule has 1 fully saturated rings. The summed E-state index contributed by atoms with van der Waals surface area (Å²) in [5.41, 5.74) is 2.10. The maximum absolute atomic E-state index is 12.4. The first-order chi connectivity index (χ1) is 8.77. The van der Waals surface area contributed by atoms with Gasteiger partial charge in [0.05, 0.1) is 17.6 Å². The molecule has 0 atom stereocenters. The van der Waals surface area contributed by atoms with Gasteiger partial charge < -0.3 is 9.42 Å². The van der Waals surface area contributed by atoms with Crippen LogP contribution in [0, 0.1) is 0 Å². The molecule has 5 heteroatoms. The Morgan fingerprint density at radius 3 is 3.00 bits per heavy atom. The van der Waals surface area contributed by atoms with E-state index < -0.39 is 0 Å². The molecule has 2 heterocycles. The van der Waals surface area contributed by atoms with Crippen LogP contribution in [-0.2, 0) is 0 Å². The smallest absolute Gasteiger partial charge is 0.263 e. The molecule has 1 aliphatic carbocycles. The van der Waals surface area contributed by atoms with Crippen molar-refractivity contribution in [2.75, 3.05) is 11.9 Å². The second kappa shape index (κ2) is 4.25. The largest absolute Gasteiger partial charge is 0.364 e. The molecule has 0 aliphatic heterocycles. The van der Waals surface area contributed by atoms with E-state index in [9.17, 15) is 4.79 Å². The number of nitrogens with zero attached hydrogens (tertiary/aromatic N) is 3. The van der Waals surface area contributed by atoms with Crippen LogP contribution in [0.5, 0.6) is 0 Å². The summed E-state index contributed by atoms with van der Waals surface area (Å²) in [6.45, 7) is 0. The number of hydrogen-bond donors (Lipinski definition) is 0. The van der Waals surface area contributed by atoms with Crippen molar-refractivity contribution >= 4 is 11.6 Å². The molecular formula is C13H13N3O2. The van der Waals surface area contributed by atoms with E-state index in [-0.39, 0.29) is 5.91 Å². The van der Waals surface area contributed by atoms with Gasteiger partial charge in [0.15, 0.2) is 0 Å². The van der Waals surface area contributed by atoms with Crippen molar-refractivity contribution < 1.29 is 9.32 Å². The Bertz CT molecular complexity index is 561. The van der Waals surface area contributed by atoms with E-state index >= 15 is 0 Å². The first-order valence-corrected chi connectivity index (χ1v) is 5.89. The molecule has 1 amide bonds. The van der Waals surface area contributed by atoms with Crippen molar-refractivity contribution in [2.24, 2.45) is 0 Å². The van der Waals surface area contributed by atoms with Gasteiger partial charge in [0.25, 0.3) is 5.91 Å². The van der Waals surface area contributed by atoms with Gasteiger partial charge >= 0.3 is 0 Å². The Kier molecular flexibility index (Phi) is 2.59. The van der Waals surface area contributed by atoms with Crippen LogP contribution in [0.1, 0.15) is 34.8 Å². The van der Waals surface area contributed by atoms with Crippen molar-refractivity contribution in [3.05, 3.63) is 42.0 Å². The van der Waals surface area contributed by atoms with Gasteiger partial charge in [-0.15, -0.1) is 0 Å². The van der Waals surface area contributed by atoms with Crippen molar-refractivity contribution in [1.29, 1.82) is 0 Å². The van der Waals surface area contributed by atoms with Gasteiger partial charge in [-0.3, -0.25) is 9.78 Å². The molecule has 18 heavy (non-hydrogen) atoms. The van der Waals surface area contributed by atoms with Crippen molar-refractivity contribution in [2.45, 2.75) is 18.8 Å². The van der Waals surface area contributed by atoms with Crippen LogP contribution < -0.4 is 4.90 Å². The van der Waals surface area contributed by atoms with Gasteiger partial charge in [0.2, 0.25) is 0 Å². The number of aromatic nitrogens is 2. The van der Waals surface area contributed by atoms with E-state index in [1.54, 1.807) is 30.4 Å². The Balaban J connectivity index is 1.88. The lowest BCUT2D eigenvalue weighted by Gasteiger charge is -2.16. The average Bonchev–Trinajstić information content (AvgIpc) is 3.15. The molecule has 3 rings (SSSR count). The van der Waals surface area contributed by atoms with E-state index in [1.807, 2.05) is 6.07 Å². The molecule has 0 spiro atoms. The first-order valence-electron chi connectivity index (χ1n) is 5.89. The number of amides is 1. The van der Waals surface area contributed by atoms with E-state index in [1.165, 1.54) is 6.26 Å². The third kappa shape index (κ3) is 1.88. The molecule has 0 aromatic carbocycles. The van der Waals surface area contributed by atoms with Gasteiger partial charge in [-0.25, -0.2) is 0 Å². The summed E-state index contributed by atoms with van der Waals surface area (Å²) in [4.78, 5) is 17.9. The van der Waals surface area contributed by atoms with E-state index in [0.717, 1.165) is 24.2 Å². The lowest BCUT2D eigenvalue weighted by Crippen LogP contribution is -2.26. The third-order valence-corrected chi connectivity index (χ3v) is 3.13. The minimum absolute atomic E-state index is 0.105. The fourth-order valence-corrected chi connectivity index (χ4v) is 1.91. The Morgan fingerprint density at radius 1 is 1.50 bits per heavy atom. The van der Waals surface area contributed by atoms with Gasteiger partial charge in [0, 0.05) is 19.2 Å². The highest BCUT2D eigenvalue weighted by atomic mass is 16.5. The van der Waals surface area contributed by atoms with Crippen molar-refractivity contribution in [3.8, 4) is 0 Å². The van der Waals surface area contributed by atoms with Crippen LogP contribution in [0.25, 0.3) is 0 Å². The van der Waals surface area contributed by atoms with Gasteiger partial charge in [-0.1, -0.05) is 5.16 Å². The maximum Gasteiger partial charge on any atom is 0.263 e. The lowest BCUT2D eigenvalue weighted by molar-refractivity contribution is 0.0991. The highest BCUT2D eigenvalue weighted by Crippen LogP contribution is 2.41. The van der Waals surface area contributed by atoms with E-state index in [4.69, 9.17) is 4.52 Å². The molecule has 5 nitrogen and oxygen atoms in total. The molecular weight excluding hydrogens is 230 g/mol. The summed E-state index contributed by atoms with van der Waals surface area (Å²) in [6, 6.07) is 3.64. The Morgan fingerprint density at radius 2 is 2.33 bits per heavy atom. The van der Waals surface area contributed by atoms with Crippen LogP contribution >= 0.6 is 0 Å². The molecule has 1 saturated carbocycles. The van der Waals surface area contributed by atoms with Gasteiger partial charge in [-0.2, -0.15) is 0 Å². The lowest BCUT2D eigenvalue weighted by atomic mass is 10.1. The predicted octanol–water partition coefficient (Wildman–Crippen LogP) is 2.22. The maximum atomic E-state index is 12.4. The van der Waals surface area contributed by atoms with Gasteiger partial charge in [0.1, 0.15) is 11.8 Å². The Hall–Kier alpha value is -2.17. The normalized spacial score (nSPS) is 14.5. The summed E-state index contributed by atoms with van der Waals surface area (Å²) in [5.74, 6) is 0.288. The first kappa shape index (κ1) is 11.0. The highest BCUT2D eigenvalue weighted by Gasteiger charge is 2.32. The van der Waals surface area contributed by atoms with Crippen molar-refractivity contribution in [3.63, 3.8) is 0 Å². The standard InChI is InChI=1S/C13H13N3O2/c1-16(10-3-2-6-14-7-10)13(17)11-8-18-15-12(11)9-4-5-9/h2-3,6-9H,4-5H2,1H3.